The molecule has 0 bridgehead atoms. The Kier molecular flexibility index (Phi) is 5.91. The molecule has 0 saturated carbocycles. The Bertz CT molecular complexity index is 1030. The number of hydrogen-bond acceptors (Lipinski definition) is 3. The molecule has 1 heterocycles. The molecule has 0 aliphatic carbocycles. The van der Waals surface area contributed by atoms with Gasteiger partial charge in [-0.05, 0) is 29.8 Å². The van der Waals surface area contributed by atoms with Crippen LogP contribution in [-0.4, -0.2) is 25.0 Å². The largest absolute Gasteiger partial charge is 0.465 e. The van der Waals surface area contributed by atoms with Crippen molar-refractivity contribution in [3.8, 4) is 0 Å². The lowest BCUT2D eigenvalue weighted by Crippen LogP contribution is -3.15. The predicted molar refractivity (Wildman–Crippen MR) is 115 cm³/mol. The van der Waals surface area contributed by atoms with E-state index in [2.05, 4.69) is 17.4 Å². The summed E-state index contributed by atoms with van der Waals surface area (Å²) in [6.07, 6.45) is 0.676. The normalized spacial score (nSPS) is 17.6. The molecule has 0 radical (unpaired) electrons. The second-order valence-corrected chi connectivity index (χ2v) is 7.58. The van der Waals surface area contributed by atoms with E-state index in [1.807, 2.05) is 66.7 Å². The molecule has 0 aromatic heterocycles. The molecule has 5 heteroatoms. The summed E-state index contributed by atoms with van der Waals surface area (Å²) in [5, 5.41) is 2.89. The molecule has 0 saturated heterocycles. The van der Waals surface area contributed by atoms with Gasteiger partial charge < -0.3 is 15.0 Å². The summed E-state index contributed by atoms with van der Waals surface area (Å²) in [7, 11) is 1.45. The quantitative estimate of drug-likeness (QED) is 0.646. The van der Waals surface area contributed by atoms with Crippen LogP contribution in [0.5, 0.6) is 0 Å². The van der Waals surface area contributed by atoms with Crippen LogP contribution in [0.3, 0.4) is 0 Å². The molecule has 2 N–H and O–H groups in total. The van der Waals surface area contributed by atoms with Gasteiger partial charge in [-0.2, -0.15) is 0 Å². The van der Waals surface area contributed by atoms with Crippen LogP contribution in [0.1, 0.15) is 27.0 Å². The van der Waals surface area contributed by atoms with Crippen LogP contribution in [0, 0.1) is 0 Å². The number of nitrogens with one attached hydrogen (secondary N) is 2. The highest BCUT2D eigenvalue weighted by molar-refractivity contribution is 6.04. The van der Waals surface area contributed by atoms with Gasteiger partial charge in [0, 0.05) is 28.8 Å². The van der Waals surface area contributed by atoms with Crippen molar-refractivity contribution in [3.63, 3.8) is 0 Å². The summed E-state index contributed by atoms with van der Waals surface area (Å²) in [5.74, 6) is -0.321. The lowest BCUT2D eigenvalue weighted by atomic mass is 9.93. The number of esters is 1. The molecule has 0 spiro atoms. The van der Waals surface area contributed by atoms with E-state index in [4.69, 9.17) is 4.74 Å². The molecule has 1 aliphatic rings. The monoisotopic (exact) mass is 401 g/mol. The third-order valence-corrected chi connectivity index (χ3v) is 5.62. The van der Waals surface area contributed by atoms with E-state index in [1.54, 1.807) is 0 Å². The van der Waals surface area contributed by atoms with Gasteiger partial charge >= 0.3 is 5.97 Å². The van der Waals surface area contributed by atoms with E-state index in [1.165, 1.54) is 18.2 Å². The Morgan fingerprint density at radius 3 is 2.30 bits per heavy atom. The molecule has 152 valence electrons. The second kappa shape index (κ2) is 8.93. The number of benzene rings is 3. The van der Waals surface area contributed by atoms with Crippen molar-refractivity contribution in [1.82, 2.24) is 0 Å². The SMILES string of the molecule is COC(=O)[C@@H]1Cc2ccccc2C[NH+]1Cc1ccc(C(=O)Nc2ccccc2)cc1. The molecule has 2 atom stereocenters. The summed E-state index contributed by atoms with van der Waals surface area (Å²) in [6, 6.07) is 25.0. The number of carbonyl (C=O) groups is 2. The summed E-state index contributed by atoms with van der Waals surface area (Å²) in [6.45, 7) is 1.46. The zero-order valence-corrected chi connectivity index (χ0v) is 16.9. The third kappa shape index (κ3) is 4.42. The Hall–Kier alpha value is -3.44. The van der Waals surface area contributed by atoms with Crippen LogP contribution in [0.2, 0.25) is 0 Å². The van der Waals surface area contributed by atoms with Gasteiger partial charge in [-0.3, -0.25) is 4.79 Å². The highest BCUT2D eigenvalue weighted by Crippen LogP contribution is 2.15. The smallest absolute Gasteiger partial charge is 0.365 e. The van der Waals surface area contributed by atoms with Crippen LogP contribution in [0.15, 0.2) is 78.9 Å². The van der Waals surface area contributed by atoms with Crippen molar-refractivity contribution in [3.05, 3.63) is 101 Å². The molecule has 1 amide bonds. The minimum absolute atomic E-state index is 0.139. The zero-order chi connectivity index (χ0) is 20.9. The number of para-hydroxylation sites is 1. The standard InChI is InChI=1S/C25H24N2O3/c1-30-25(29)23-15-20-7-5-6-8-21(20)17-27(23)16-18-11-13-19(14-12-18)24(28)26-22-9-3-2-4-10-22/h2-14,23H,15-17H2,1H3,(H,26,28)/p+1/t23-/m0/s1. The van der Waals surface area contributed by atoms with Gasteiger partial charge in [0.05, 0.1) is 7.11 Å². The average Bonchev–Trinajstić information content (AvgIpc) is 2.79. The van der Waals surface area contributed by atoms with Crippen molar-refractivity contribution >= 4 is 17.6 Å². The molecule has 5 nitrogen and oxygen atoms in total. The Labute approximate surface area is 176 Å². The minimum Gasteiger partial charge on any atom is -0.465 e. The Balaban J connectivity index is 1.47. The molecule has 30 heavy (non-hydrogen) atoms. The summed E-state index contributed by atoms with van der Waals surface area (Å²) >= 11 is 0. The van der Waals surface area contributed by atoms with Crippen molar-refractivity contribution in [2.45, 2.75) is 25.6 Å². The van der Waals surface area contributed by atoms with Gasteiger partial charge in [0.1, 0.15) is 13.1 Å². The van der Waals surface area contributed by atoms with E-state index in [9.17, 15) is 9.59 Å². The lowest BCUT2D eigenvalue weighted by molar-refractivity contribution is -0.945. The van der Waals surface area contributed by atoms with E-state index in [-0.39, 0.29) is 17.9 Å². The van der Waals surface area contributed by atoms with Crippen LogP contribution in [-0.2, 0) is 29.0 Å². The maximum atomic E-state index is 12.5. The van der Waals surface area contributed by atoms with Crippen molar-refractivity contribution < 1.29 is 19.2 Å². The fraction of sp³-hybridized carbons (Fsp3) is 0.200. The second-order valence-electron chi connectivity index (χ2n) is 7.58. The van der Waals surface area contributed by atoms with E-state index >= 15 is 0 Å². The number of fused-ring (bicyclic) bond motifs is 1. The molecule has 3 aromatic rings. The van der Waals surface area contributed by atoms with Crippen LogP contribution in [0.25, 0.3) is 0 Å². The molecular formula is C25H25N2O3+. The van der Waals surface area contributed by atoms with E-state index in [0.717, 1.165) is 22.7 Å². The van der Waals surface area contributed by atoms with Gasteiger partial charge in [0.2, 0.25) is 0 Å². The van der Waals surface area contributed by atoms with Gasteiger partial charge in [0.25, 0.3) is 5.91 Å². The maximum Gasteiger partial charge on any atom is 0.365 e. The molecule has 1 aliphatic heterocycles. The summed E-state index contributed by atoms with van der Waals surface area (Å²) < 4.78 is 5.07. The van der Waals surface area contributed by atoms with Crippen LogP contribution < -0.4 is 10.2 Å². The number of rotatable bonds is 5. The van der Waals surface area contributed by atoms with Crippen molar-refractivity contribution in [2.24, 2.45) is 0 Å². The van der Waals surface area contributed by atoms with Gasteiger partial charge in [0.15, 0.2) is 6.04 Å². The first kappa shape index (κ1) is 19.9. The number of methoxy groups -OCH3 is 1. The average molecular weight is 401 g/mol. The molecular weight excluding hydrogens is 376 g/mol. The first-order valence-corrected chi connectivity index (χ1v) is 10.1. The fourth-order valence-electron chi connectivity index (χ4n) is 4.00. The Morgan fingerprint density at radius 1 is 0.933 bits per heavy atom. The number of anilines is 1. The summed E-state index contributed by atoms with van der Waals surface area (Å²) in [4.78, 5) is 26.0. The third-order valence-electron chi connectivity index (χ3n) is 5.62. The first-order chi connectivity index (χ1) is 14.6. The minimum atomic E-state index is -0.231. The summed E-state index contributed by atoms with van der Waals surface area (Å²) in [5.41, 5.74) is 4.93. The highest BCUT2D eigenvalue weighted by Gasteiger charge is 2.35. The lowest BCUT2D eigenvalue weighted by Gasteiger charge is -2.32. The molecule has 1 unspecified atom stereocenters. The van der Waals surface area contributed by atoms with Gasteiger partial charge in [-0.15, -0.1) is 0 Å². The van der Waals surface area contributed by atoms with Crippen molar-refractivity contribution in [2.75, 3.05) is 12.4 Å². The van der Waals surface area contributed by atoms with Gasteiger partial charge in [-0.25, -0.2) is 4.79 Å². The first-order valence-electron chi connectivity index (χ1n) is 10.1. The molecule has 0 fully saturated rings. The topological polar surface area (TPSA) is 59.8 Å². The zero-order valence-electron chi connectivity index (χ0n) is 16.9. The maximum absolute atomic E-state index is 12.5. The Morgan fingerprint density at radius 2 is 1.60 bits per heavy atom. The number of ether oxygens (including phenoxy) is 1. The van der Waals surface area contributed by atoms with E-state index in [0.29, 0.717) is 18.5 Å². The fourth-order valence-corrected chi connectivity index (χ4v) is 4.00. The number of quaternary nitrogens is 1. The highest BCUT2D eigenvalue weighted by atomic mass is 16.5. The van der Waals surface area contributed by atoms with Gasteiger partial charge in [-0.1, -0.05) is 54.6 Å². The number of amides is 1. The van der Waals surface area contributed by atoms with E-state index < -0.39 is 0 Å². The van der Waals surface area contributed by atoms with Crippen LogP contribution >= 0.6 is 0 Å². The number of carbonyl (C=O) groups excluding carboxylic acids is 2. The molecule has 4 rings (SSSR count). The number of hydrogen-bond donors (Lipinski definition) is 2. The predicted octanol–water partition coefficient (Wildman–Crippen LogP) is 2.62. The van der Waals surface area contributed by atoms with Crippen LogP contribution in [0.4, 0.5) is 5.69 Å². The van der Waals surface area contributed by atoms with Crippen molar-refractivity contribution in [1.29, 1.82) is 0 Å². The molecule has 3 aromatic carbocycles.